The lowest BCUT2D eigenvalue weighted by atomic mass is 10.2. The van der Waals surface area contributed by atoms with Crippen LogP contribution in [0.3, 0.4) is 0 Å². The zero-order valence-electron chi connectivity index (χ0n) is 9.16. The third-order valence-corrected chi connectivity index (χ3v) is 3.60. The summed E-state index contributed by atoms with van der Waals surface area (Å²) in [6, 6.07) is 0. The second kappa shape index (κ2) is 5.63. The van der Waals surface area contributed by atoms with Crippen LogP contribution in [-0.2, 0) is 17.7 Å². The van der Waals surface area contributed by atoms with E-state index in [9.17, 15) is 4.79 Å². The molecule has 0 saturated heterocycles. The fourth-order valence-corrected chi connectivity index (χ4v) is 2.95. The van der Waals surface area contributed by atoms with Crippen molar-refractivity contribution in [3.8, 4) is 0 Å². The van der Waals surface area contributed by atoms with Crippen molar-refractivity contribution in [1.82, 2.24) is 0 Å². The van der Waals surface area contributed by atoms with E-state index in [1.165, 1.54) is 22.8 Å². The molecule has 1 aromatic rings. The van der Waals surface area contributed by atoms with Gasteiger partial charge in [0.2, 0.25) is 5.01 Å². The minimum Gasteiger partial charge on any atom is -1.00 e. The largest absolute Gasteiger partial charge is 1.00 e. The Bertz CT molecular complexity index is 392. The topological polar surface area (TPSA) is 56.2 Å². The maximum atomic E-state index is 11.7. The highest BCUT2D eigenvalue weighted by molar-refractivity contribution is 7.15. The number of nitrogens with two attached hydrogens (primary N) is 1. The maximum absolute atomic E-state index is 11.7. The first-order valence-corrected chi connectivity index (χ1v) is 6.03. The van der Waals surface area contributed by atoms with Crippen molar-refractivity contribution in [2.45, 2.75) is 32.7 Å². The van der Waals surface area contributed by atoms with Crippen LogP contribution in [0.5, 0.6) is 0 Å². The number of hydrogen-bond acceptors (Lipinski definition) is 4. The van der Waals surface area contributed by atoms with Gasteiger partial charge in [-0.25, -0.2) is 4.79 Å². The van der Waals surface area contributed by atoms with Crippen molar-refractivity contribution in [2.75, 3.05) is 12.3 Å². The van der Waals surface area contributed by atoms with Crippen LogP contribution in [0, 0.1) is 0 Å². The van der Waals surface area contributed by atoms with Gasteiger partial charge in [0.25, 0.3) is 0 Å². The highest BCUT2D eigenvalue weighted by atomic mass is 79.9. The van der Waals surface area contributed by atoms with E-state index in [2.05, 4.69) is 0 Å². The monoisotopic (exact) mass is 306 g/mol. The molecule has 2 N–H and O–H groups in total. The van der Waals surface area contributed by atoms with Gasteiger partial charge in [-0.1, -0.05) is 0 Å². The maximum Gasteiger partial charge on any atom is 0.406 e. The van der Waals surface area contributed by atoms with Crippen LogP contribution < -0.4 is 27.3 Å². The number of aryl methyl sites for hydroxylation is 1. The summed E-state index contributed by atoms with van der Waals surface area (Å²) < 4.78 is 7.02. The molecule has 0 atom stereocenters. The molecule has 1 aliphatic rings. The van der Waals surface area contributed by atoms with E-state index in [-0.39, 0.29) is 23.0 Å². The van der Waals surface area contributed by atoms with Crippen LogP contribution in [-0.4, -0.2) is 12.6 Å². The molecule has 0 aliphatic carbocycles. The number of fused-ring (bicyclic) bond motifs is 1. The van der Waals surface area contributed by atoms with Crippen LogP contribution in [0.4, 0.5) is 5.00 Å². The molecular weight excluding hydrogens is 292 g/mol. The van der Waals surface area contributed by atoms with Crippen LogP contribution in [0.15, 0.2) is 0 Å². The number of ether oxygens (including phenoxy) is 1. The first kappa shape index (κ1) is 13.4. The number of halogens is 1. The summed E-state index contributed by atoms with van der Waals surface area (Å²) in [6.07, 6.45) is 3.32. The van der Waals surface area contributed by atoms with Crippen molar-refractivity contribution in [2.24, 2.45) is 0 Å². The molecule has 16 heavy (non-hydrogen) atoms. The molecule has 0 spiro atoms. The molecule has 90 valence electrons. The van der Waals surface area contributed by atoms with E-state index in [1.807, 2.05) is 4.57 Å². The number of thiazole rings is 1. The van der Waals surface area contributed by atoms with Crippen molar-refractivity contribution in [3.63, 3.8) is 0 Å². The fraction of sp³-hybridized carbons (Fsp3) is 0.600. The summed E-state index contributed by atoms with van der Waals surface area (Å²) >= 11 is 1.51. The first-order chi connectivity index (χ1) is 7.24. The predicted molar refractivity (Wildman–Crippen MR) is 57.8 cm³/mol. The highest BCUT2D eigenvalue weighted by Crippen LogP contribution is 2.24. The van der Waals surface area contributed by atoms with Gasteiger partial charge in [-0.15, -0.1) is 0 Å². The van der Waals surface area contributed by atoms with E-state index in [0.717, 1.165) is 19.4 Å². The number of esters is 1. The molecule has 0 aromatic carbocycles. The van der Waals surface area contributed by atoms with Gasteiger partial charge in [0.05, 0.1) is 6.61 Å². The molecule has 0 amide bonds. The van der Waals surface area contributed by atoms with Crippen molar-refractivity contribution >= 4 is 22.3 Å². The number of rotatable bonds is 2. The summed E-state index contributed by atoms with van der Waals surface area (Å²) in [7, 11) is 0. The van der Waals surface area contributed by atoms with Gasteiger partial charge in [0, 0.05) is 12.8 Å². The Hall–Kier alpha value is -0.620. The smallest absolute Gasteiger partial charge is 0.406 e. The first-order valence-electron chi connectivity index (χ1n) is 5.22. The number of anilines is 1. The van der Waals surface area contributed by atoms with Gasteiger partial charge in [-0.2, -0.15) is 4.57 Å². The van der Waals surface area contributed by atoms with E-state index >= 15 is 0 Å². The molecule has 0 fully saturated rings. The number of carbonyl (C=O) groups is 1. The number of carbonyl (C=O) groups excluding carboxylic acids is 1. The Morgan fingerprint density at radius 1 is 1.56 bits per heavy atom. The normalized spacial score (nSPS) is 13.8. The molecule has 0 saturated carbocycles. The van der Waals surface area contributed by atoms with Crippen molar-refractivity contribution in [1.29, 1.82) is 0 Å². The minimum absolute atomic E-state index is 0. The summed E-state index contributed by atoms with van der Waals surface area (Å²) in [5, 5.41) is 1.78. The minimum atomic E-state index is -0.292. The second-order valence-electron chi connectivity index (χ2n) is 3.54. The van der Waals surface area contributed by atoms with Crippen molar-refractivity contribution < 1.29 is 31.1 Å². The van der Waals surface area contributed by atoms with E-state index in [4.69, 9.17) is 10.5 Å². The van der Waals surface area contributed by atoms with Crippen LogP contribution >= 0.6 is 11.3 Å². The van der Waals surface area contributed by atoms with E-state index in [1.54, 1.807) is 6.92 Å². The summed E-state index contributed by atoms with van der Waals surface area (Å²) in [4.78, 5) is 11.7. The summed E-state index contributed by atoms with van der Waals surface area (Å²) in [5.74, 6) is -0.292. The average molecular weight is 307 g/mol. The summed E-state index contributed by atoms with van der Waals surface area (Å²) in [5.41, 5.74) is 6.40. The molecule has 1 aliphatic heterocycles. The van der Waals surface area contributed by atoms with Gasteiger partial charge in [0.15, 0.2) is 11.5 Å². The van der Waals surface area contributed by atoms with Gasteiger partial charge >= 0.3 is 11.7 Å². The third kappa shape index (κ3) is 2.38. The number of nitrogen functional groups attached to an aromatic ring is 1. The van der Waals surface area contributed by atoms with E-state index in [0.29, 0.717) is 17.3 Å². The van der Waals surface area contributed by atoms with Crippen molar-refractivity contribution in [3.05, 3.63) is 10.7 Å². The molecule has 0 bridgehead atoms. The SMILES string of the molecule is CCOC(=O)c1c(N)sc2[n+]1CCCC2.[Br-]. The molecule has 6 heteroatoms. The van der Waals surface area contributed by atoms with Gasteiger partial charge in [0.1, 0.15) is 0 Å². The van der Waals surface area contributed by atoms with Gasteiger partial charge < -0.3 is 27.5 Å². The Balaban J connectivity index is 0.00000128. The predicted octanol–water partition coefficient (Wildman–Crippen LogP) is -1.87. The average Bonchev–Trinajstić information content (AvgIpc) is 2.54. The second-order valence-corrected chi connectivity index (χ2v) is 4.65. The number of aromatic nitrogens is 1. The highest BCUT2D eigenvalue weighted by Gasteiger charge is 2.33. The van der Waals surface area contributed by atoms with Gasteiger partial charge in [-0.3, -0.25) is 0 Å². The molecule has 2 rings (SSSR count). The molecule has 0 unspecified atom stereocenters. The lowest BCUT2D eigenvalue weighted by molar-refractivity contribution is -0.706. The molecular formula is C10H15BrN2O2S. The quantitative estimate of drug-likeness (QED) is 0.515. The number of hydrogen-bond donors (Lipinski definition) is 1. The zero-order valence-corrected chi connectivity index (χ0v) is 11.6. The molecule has 1 aromatic heterocycles. The van der Waals surface area contributed by atoms with Crippen LogP contribution in [0.1, 0.15) is 35.3 Å². The van der Waals surface area contributed by atoms with E-state index < -0.39 is 0 Å². The third-order valence-electron chi connectivity index (χ3n) is 2.52. The Labute approximate surface area is 109 Å². The van der Waals surface area contributed by atoms with Crippen LogP contribution in [0.2, 0.25) is 0 Å². The summed E-state index contributed by atoms with van der Waals surface area (Å²) in [6.45, 7) is 3.08. The Morgan fingerprint density at radius 2 is 2.31 bits per heavy atom. The number of nitrogens with zero attached hydrogens (tertiary/aromatic N) is 1. The molecule has 4 nitrogen and oxygen atoms in total. The Morgan fingerprint density at radius 3 is 3.00 bits per heavy atom. The van der Waals surface area contributed by atoms with Gasteiger partial charge in [-0.05, 0) is 24.7 Å². The van der Waals surface area contributed by atoms with Crippen LogP contribution in [0.25, 0.3) is 0 Å². The zero-order chi connectivity index (χ0) is 10.8. The molecule has 2 heterocycles. The standard InChI is InChI=1S/C10H14N2O2S.BrH/c1-2-14-10(13)8-9(11)15-7-5-3-4-6-12(7)8;/h2-6H2,1H3,(H-,11,13);1H. The lowest BCUT2D eigenvalue weighted by Crippen LogP contribution is -3.00. The fourth-order valence-electron chi connectivity index (χ4n) is 1.87. The molecule has 0 radical (unpaired) electrons. The Kier molecular flexibility index (Phi) is 4.73. The lowest BCUT2D eigenvalue weighted by Gasteiger charge is -2.06.